The molecule has 3 N–H and O–H groups in total. The number of guanidine groups is 1. The van der Waals surface area contributed by atoms with Gasteiger partial charge in [-0.1, -0.05) is 22.0 Å². The first kappa shape index (κ1) is 20.4. The molecule has 0 aliphatic rings. The van der Waals surface area contributed by atoms with Crippen LogP contribution >= 0.6 is 15.9 Å². The molecule has 0 saturated heterocycles. The van der Waals surface area contributed by atoms with E-state index in [4.69, 9.17) is 4.74 Å². The van der Waals surface area contributed by atoms with Crippen LogP contribution in [0.25, 0.3) is 0 Å². The Morgan fingerprint density at radius 3 is 2.83 bits per heavy atom. The average Bonchev–Trinajstić information content (AvgIpc) is 2.55. The fourth-order valence-electron chi connectivity index (χ4n) is 1.98. The third-order valence-corrected chi connectivity index (χ3v) is 3.73. The van der Waals surface area contributed by atoms with Gasteiger partial charge in [-0.3, -0.25) is 9.79 Å². The van der Waals surface area contributed by atoms with Crippen LogP contribution in [0, 0.1) is 6.92 Å². The number of hydrogen-bond donors (Lipinski definition) is 3. The zero-order valence-corrected chi connectivity index (χ0v) is 16.2. The van der Waals surface area contributed by atoms with Crippen LogP contribution in [0.2, 0.25) is 0 Å². The summed E-state index contributed by atoms with van der Waals surface area (Å²) in [6.45, 7) is 6.66. The van der Waals surface area contributed by atoms with Gasteiger partial charge < -0.3 is 20.7 Å². The number of carbonyl (C=O) groups is 1. The van der Waals surface area contributed by atoms with E-state index in [1.807, 2.05) is 32.0 Å². The molecule has 7 heteroatoms. The molecule has 0 aliphatic carbocycles. The maximum absolute atomic E-state index is 12.1. The van der Waals surface area contributed by atoms with Crippen LogP contribution in [0.5, 0.6) is 0 Å². The van der Waals surface area contributed by atoms with Crippen molar-refractivity contribution in [2.75, 3.05) is 38.7 Å². The molecule has 0 atom stereocenters. The summed E-state index contributed by atoms with van der Waals surface area (Å²) in [6.07, 6.45) is 1.24. The number of aliphatic imine (C=N–C) groups is 1. The van der Waals surface area contributed by atoms with Gasteiger partial charge in [0.2, 0.25) is 5.91 Å². The number of methoxy groups -OCH3 is 1. The summed E-state index contributed by atoms with van der Waals surface area (Å²) in [7, 11) is 1.68. The molecule has 0 spiro atoms. The molecule has 0 bridgehead atoms. The van der Waals surface area contributed by atoms with Crippen LogP contribution in [-0.2, 0) is 9.53 Å². The average molecular weight is 399 g/mol. The summed E-state index contributed by atoms with van der Waals surface area (Å²) in [5.41, 5.74) is 1.86. The van der Waals surface area contributed by atoms with Gasteiger partial charge in [0.1, 0.15) is 0 Å². The first-order valence-electron chi connectivity index (χ1n) is 8.14. The molecule has 0 saturated carbocycles. The number of nitrogens with zero attached hydrogens (tertiary/aromatic N) is 1. The summed E-state index contributed by atoms with van der Waals surface area (Å²) in [4.78, 5) is 16.5. The van der Waals surface area contributed by atoms with Gasteiger partial charge in [0.15, 0.2) is 5.96 Å². The third kappa shape index (κ3) is 8.31. The fourth-order valence-corrected chi connectivity index (χ4v) is 2.34. The normalized spacial score (nSPS) is 11.2. The lowest BCUT2D eigenvalue weighted by Crippen LogP contribution is -2.38. The summed E-state index contributed by atoms with van der Waals surface area (Å²) >= 11 is 3.41. The second-order valence-corrected chi connectivity index (χ2v) is 6.21. The largest absolute Gasteiger partial charge is 0.385 e. The quantitative estimate of drug-likeness (QED) is 0.339. The molecule has 0 radical (unpaired) electrons. The fraction of sp³-hybridized carbons (Fsp3) is 0.529. The first-order valence-corrected chi connectivity index (χ1v) is 8.93. The first-order chi connectivity index (χ1) is 11.6. The van der Waals surface area contributed by atoms with Gasteiger partial charge in [-0.05, 0) is 38.0 Å². The predicted molar refractivity (Wildman–Crippen MR) is 103 cm³/mol. The van der Waals surface area contributed by atoms with Crippen molar-refractivity contribution in [2.45, 2.75) is 26.7 Å². The number of aryl methyl sites for hydroxylation is 1. The van der Waals surface area contributed by atoms with Gasteiger partial charge in [0.05, 0.1) is 0 Å². The molecular weight excluding hydrogens is 372 g/mol. The minimum absolute atomic E-state index is 0.0288. The number of benzene rings is 1. The van der Waals surface area contributed by atoms with E-state index in [1.165, 1.54) is 0 Å². The van der Waals surface area contributed by atoms with Gasteiger partial charge in [0.25, 0.3) is 0 Å². The molecule has 0 aromatic heterocycles. The van der Waals surface area contributed by atoms with Crippen LogP contribution in [0.3, 0.4) is 0 Å². The molecular formula is C17H27BrN4O2. The lowest BCUT2D eigenvalue weighted by atomic mass is 10.2. The topological polar surface area (TPSA) is 74.8 Å². The van der Waals surface area contributed by atoms with Crippen LogP contribution in [0.4, 0.5) is 5.69 Å². The summed E-state index contributed by atoms with van der Waals surface area (Å²) in [5.74, 6) is 0.693. The minimum atomic E-state index is -0.0288. The molecule has 24 heavy (non-hydrogen) atoms. The zero-order valence-electron chi connectivity index (χ0n) is 14.6. The highest BCUT2D eigenvalue weighted by Crippen LogP contribution is 2.20. The van der Waals surface area contributed by atoms with Gasteiger partial charge in [-0.25, -0.2) is 0 Å². The van der Waals surface area contributed by atoms with E-state index >= 15 is 0 Å². The van der Waals surface area contributed by atoms with Crippen molar-refractivity contribution >= 4 is 33.5 Å². The van der Waals surface area contributed by atoms with Crippen molar-refractivity contribution in [3.05, 3.63) is 28.2 Å². The number of carbonyl (C=O) groups excluding carboxylic acids is 1. The number of ether oxygens (including phenoxy) is 1. The molecule has 0 aliphatic heterocycles. The van der Waals surface area contributed by atoms with Crippen molar-refractivity contribution in [3.8, 4) is 0 Å². The number of amides is 1. The van der Waals surface area contributed by atoms with Crippen LogP contribution in [0.1, 0.15) is 25.3 Å². The monoisotopic (exact) mass is 398 g/mol. The second-order valence-electron chi connectivity index (χ2n) is 5.29. The van der Waals surface area contributed by atoms with Crippen molar-refractivity contribution in [1.82, 2.24) is 10.6 Å². The maximum Gasteiger partial charge on any atom is 0.226 e. The van der Waals surface area contributed by atoms with E-state index in [0.717, 1.165) is 34.6 Å². The molecule has 0 fully saturated rings. The van der Waals surface area contributed by atoms with E-state index < -0.39 is 0 Å². The molecule has 6 nitrogen and oxygen atoms in total. The van der Waals surface area contributed by atoms with Crippen molar-refractivity contribution < 1.29 is 9.53 Å². The number of anilines is 1. The van der Waals surface area contributed by atoms with Gasteiger partial charge in [-0.2, -0.15) is 0 Å². The minimum Gasteiger partial charge on any atom is -0.385 e. The summed E-state index contributed by atoms with van der Waals surface area (Å²) < 4.78 is 5.95. The van der Waals surface area contributed by atoms with Gasteiger partial charge in [-0.15, -0.1) is 0 Å². The van der Waals surface area contributed by atoms with Crippen LogP contribution < -0.4 is 16.0 Å². The molecule has 0 heterocycles. The number of rotatable bonds is 9. The van der Waals surface area contributed by atoms with E-state index in [0.29, 0.717) is 26.1 Å². The van der Waals surface area contributed by atoms with Gasteiger partial charge >= 0.3 is 0 Å². The van der Waals surface area contributed by atoms with E-state index in [1.54, 1.807) is 7.11 Å². The molecule has 1 aromatic rings. The third-order valence-electron chi connectivity index (χ3n) is 3.24. The molecule has 0 unspecified atom stereocenters. The summed E-state index contributed by atoms with van der Waals surface area (Å²) in [5, 5.41) is 9.26. The molecule has 1 rings (SSSR count). The van der Waals surface area contributed by atoms with E-state index in [9.17, 15) is 4.79 Å². The number of nitrogens with one attached hydrogen (secondary N) is 3. The van der Waals surface area contributed by atoms with Crippen molar-refractivity contribution in [2.24, 2.45) is 4.99 Å². The van der Waals surface area contributed by atoms with Crippen LogP contribution in [-0.4, -0.2) is 45.2 Å². The highest BCUT2D eigenvalue weighted by Gasteiger charge is 2.06. The van der Waals surface area contributed by atoms with E-state index in [-0.39, 0.29) is 5.91 Å². The molecule has 134 valence electrons. The van der Waals surface area contributed by atoms with Gasteiger partial charge in [0, 0.05) is 49.9 Å². The maximum atomic E-state index is 12.1. The Balaban J connectivity index is 2.40. The number of hydrogen-bond acceptors (Lipinski definition) is 3. The molecule has 1 aromatic carbocycles. The SMILES string of the molecule is CCNC(=NCCCOC)NCCC(=O)Nc1cc(Br)ccc1C. The lowest BCUT2D eigenvalue weighted by molar-refractivity contribution is -0.116. The van der Waals surface area contributed by atoms with Crippen molar-refractivity contribution in [3.63, 3.8) is 0 Å². The van der Waals surface area contributed by atoms with Crippen LogP contribution in [0.15, 0.2) is 27.7 Å². The highest BCUT2D eigenvalue weighted by atomic mass is 79.9. The lowest BCUT2D eigenvalue weighted by Gasteiger charge is -2.12. The van der Waals surface area contributed by atoms with Crippen molar-refractivity contribution in [1.29, 1.82) is 0 Å². The van der Waals surface area contributed by atoms with E-state index in [2.05, 4.69) is 36.9 Å². The predicted octanol–water partition coefficient (Wildman–Crippen LogP) is 2.68. The Bertz CT molecular complexity index is 549. The number of halogens is 1. The Labute approximate surface area is 152 Å². The standard InChI is InChI=1S/C17H27BrN4O2/c1-4-19-17(20-9-5-11-24-3)21-10-8-16(23)22-15-12-14(18)7-6-13(15)2/h6-7,12H,4-5,8-11H2,1-3H3,(H,22,23)(H2,19,20,21). The Morgan fingerprint density at radius 1 is 1.33 bits per heavy atom. The smallest absolute Gasteiger partial charge is 0.226 e. The highest BCUT2D eigenvalue weighted by molar-refractivity contribution is 9.10. The molecule has 1 amide bonds. The zero-order chi connectivity index (χ0) is 17.8. The Kier molecular flexibility index (Phi) is 10.1. The Hall–Kier alpha value is -1.60. The second kappa shape index (κ2) is 11.9. The Morgan fingerprint density at radius 2 is 2.12 bits per heavy atom. The summed E-state index contributed by atoms with van der Waals surface area (Å²) in [6, 6.07) is 5.82.